The summed E-state index contributed by atoms with van der Waals surface area (Å²) in [6, 6.07) is 9.62. The molecule has 1 N–H and O–H groups in total. The van der Waals surface area contributed by atoms with E-state index in [-0.39, 0.29) is 24.3 Å². The average molecular weight is 227 g/mol. The van der Waals surface area contributed by atoms with Crippen LogP contribution in [-0.2, 0) is 4.79 Å². The number of nitrogens with one attached hydrogen (secondary N) is 1. The number of para-hydroxylation sites is 1. The summed E-state index contributed by atoms with van der Waals surface area (Å²) >= 11 is 0. The molecule has 1 heterocycles. The zero-order valence-electron chi connectivity index (χ0n) is 9.39. The Labute approximate surface area is 99.8 Å². The van der Waals surface area contributed by atoms with E-state index in [4.69, 9.17) is 5.26 Å². The van der Waals surface area contributed by atoms with Gasteiger partial charge in [-0.05, 0) is 18.9 Å². The van der Waals surface area contributed by atoms with Crippen molar-refractivity contribution in [2.75, 3.05) is 11.6 Å². The number of Topliss-reactive ketones (excluding diaryl/α,β-unsaturated/α-hetero) is 1. The van der Waals surface area contributed by atoms with Crippen molar-refractivity contribution in [1.82, 2.24) is 5.43 Å². The van der Waals surface area contributed by atoms with Crippen molar-refractivity contribution < 1.29 is 4.79 Å². The molecule has 0 amide bonds. The Hall–Kier alpha value is -1.86. The lowest BCUT2D eigenvalue weighted by Gasteiger charge is -2.16. The van der Waals surface area contributed by atoms with Crippen LogP contribution in [0.3, 0.4) is 0 Å². The van der Waals surface area contributed by atoms with Crippen LogP contribution < -0.4 is 10.4 Å². The molecule has 0 bridgehead atoms. The number of carbonyl (C=O) groups excluding carboxylic acids is 1. The molecular weight excluding hydrogens is 214 g/mol. The Kier molecular flexibility index (Phi) is 2.34. The van der Waals surface area contributed by atoms with Crippen LogP contribution in [0.1, 0.15) is 24.4 Å². The van der Waals surface area contributed by atoms with Gasteiger partial charge in [-0.3, -0.25) is 9.80 Å². The first-order valence-electron chi connectivity index (χ1n) is 5.84. The number of hydrogen-bond acceptors (Lipinski definition) is 4. The molecular formula is C13H13N3O. The molecule has 1 atom stereocenters. The molecule has 17 heavy (non-hydrogen) atoms. The van der Waals surface area contributed by atoms with Crippen molar-refractivity contribution in [2.45, 2.75) is 18.9 Å². The fourth-order valence-corrected chi connectivity index (χ4v) is 2.29. The monoisotopic (exact) mass is 227 g/mol. The average Bonchev–Trinajstić information content (AvgIpc) is 3.13. The maximum absolute atomic E-state index is 12.1. The molecule has 1 aromatic carbocycles. The molecule has 1 fully saturated rings. The molecule has 1 aromatic rings. The van der Waals surface area contributed by atoms with Crippen molar-refractivity contribution >= 4 is 11.5 Å². The first kappa shape index (κ1) is 10.3. The van der Waals surface area contributed by atoms with Crippen molar-refractivity contribution in [1.29, 1.82) is 5.26 Å². The lowest BCUT2D eigenvalue weighted by molar-refractivity contribution is -0.122. The van der Waals surface area contributed by atoms with Gasteiger partial charge in [0.1, 0.15) is 12.6 Å². The number of nitrogens with zero attached hydrogens (tertiary/aromatic N) is 2. The highest BCUT2D eigenvalue weighted by Crippen LogP contribution is 2.39. The van der Waals surface area contributed by atoms with Gasteiger partial charge in [-0.1, -0.05) is 18.2 Å². The number of carbonyl (C=O) groups is 1. The lowest BCUT2D eigenvalue weighted by Crippen LogP contribution is -2.37. The fraction of sp³-hybridized carbons (Fsp3) is 0.385. The summed E-state index contributed by atoms with van der Waals surface area (Å²) in [6.45, 7) is 0.255. The van der Waals surface area contributed by atoms with Crippen molar-refractivity contribution in [3.05, 3.63) is 29.8 Å². The Morgan fingerprint density at radius 1 is 1.47 bits per heavy atom. The predicted octanol–water partition coefficient (Wildman–Crippen LogP) is 1.55. The number of benzene rings is 1. The zero-order chi connectivity index (χ0) is 11.8. The van der Waals surface area contributed by atoms with Crippen LogP contribution in [0.15, 0.2) is 24.3 Å². The highest BCUT2D eigenvalue weighted by molar-refractivity contribution is 5.92. The third-order valence-electron chi connectivity index (χ3n) is 3.32. The molecule has 1 saturated carbocycles. The van der Waals surface area contributed by atoms with Crippen LogP contribution in [-0.4, -0.2) is 12.3 Å². The number of ketones is 1. The Balaban J connectivity index is 1.93. The van der Waals surface area contributed by atoms with Crippen LogP contribution in [0.5, 0.6) is 0 Å². The van der Waals surface area contributed by atoms with E-state index in [1.807, 2.05) is 24.3 Å². The van der Waals surface area contributed by atoms with E-state index in [1.165, 1.54) is 0 Å². The number of rotatable bonds is 3. The number of hydrogen-bond donors (Lipinski definition) is 1. The minimum atomic E-state index is -0.257. The third-order valence-corrected chi connectivity index (χ3v) is 3.32. The van der Waals surface area contributed by atoms with Gasteiger partial charge in [-0.2, -0.15) is 5.26 Å². The van der Waals surface area contributed by atoms with Gasteiger partial charge in [0.05, 0.1) is 11.8 Å². The fourth-order valence-electron chi connectivity index (χ4n) is 2.29. The molecule has 2 aliphatic rings. The van der Waals surface area contributed by atoms with E-state index >= 15 is 0 Å². The summed E-state index contributed by atoms with van der Waals surface area (Å²) in [6.07, 6.45) is 2.02. The maximum atomic E-state index is 12.1. The summed E-state index contributed by atoms with van der Waals surface area (Å²) in [7, 11) is 0. The molecule has 4 heteroatoms. The van der Waals surface area contributed by atoms with Gasteiger partial charge in [0.15, 0.2) is 5.78 Å². The van der Waals surface area contributed by atoms with Gasteiger partial charge >= 0.3 is 0 Å². The molecule has 1 aliphatic heterocycles. The van der Waals surface area contributed by atoms with Gasteiger partial charge in [0.25, 0.3) is 0 Å². The Morgan fingerprint density at radius 3 is 2.94 bits per heavy atom. The first-order chi connectivity index (χ1) is 8.31. The molecule has 3 rings (SSSR count). The first-order valence-corrected chi connectivity index (χ1v) is 5.84. The second kappa shape index (κ2) is 3.86. The second-order valence-corrected chi connectivity index (χ2v) is 4.54. The highest BCUT2D eigenvalue weighted by Gasteiger charge is 2.40. The molecule has 0 aromatic heterocycles. The summed E-state index contributed by atoms with van der Waals surface area (Å²) in [5, 5.41) is 10.5. The second-order valence-electron chi connectivity index (χ2n) is 4.54. The summed E-state index contributed by atoms with van der Waals surface area (Å²) in [4.78, 5) is 12.1. The van der Waals surface area contributed by atoms with Gasteiger partial charge in [0.2, 0.25) is 0 Å². The van der Waals surface area contributed by atoms with Crippen molar-refractivity contribution in [3.8, 4) is 6.07 Å². The van der Waals surface area contributed by atoms with Gasteiger partial charge in [-0.15, -0.1) is 0 Å². The van der Waals surface area contributed by atoms with Crippen molar-refractivity contribution in [3.63, 3.8) is 0 Å². The summed E-state index contributed by atoms with van der Waals surface area (Å²) in [5.74, 6) is 0.487. The minimum Gasteiger partial charge on any atom is -0.297 e. The normalized spacial score (nSPS) is 22.1. The van der Waals surface area contributed by atoms with Crippen LogP contribution >= 0.6 is 0 Å². The van der Waals surface area contributed by atoms with E-state index in [0.29, 0.717) is 0 Å². The molecule has 1 unspecified atom stereocenters. The van der Waals surface area contributed by atoms with E-state index in [1.54, 1.807) is 5.01 Å². The van der Waals surface area contributed by atoms with E-state index in [0.717, 1.165) is 24.1 Å². The number of anilines is 1. The maximum Gasteiger partial charge on any atom is 0.159 e. The molecule has 0 radical (unpaired) electrons. The highest BCUT2D eigenvalue weighted by atomic mass is 16.1. The van der Waals surface area contributed by atoms with Crippen LogP contribution in [0, 0.1) is 17.2 Å². The molecule has 4 nitrogen and oxygen atoms in total. The number of nitriles is 1. The quantitative estimate of drug-likeness (QED) is 0.796. The van der Waals surface area contributed by atoms with Crippen LogP contribution in [0.2, 0.25) is 0 Å². The van der Waals surface area contributed by atoms with Crippen LogP contribution in [0.25, 0.3) is 0 Å². The smallest absolute Gasteiger partial charge is 0.159 e. The molecule has 0 saturated heterocycles. The van der Waals surface area contributed by atoms with Gasteiger partial charge in [0, 0.05) is 11.5 Å². The van der Waals surface area contributed by atoms with E-state index in [2.05, 4.69) is 11.5 Å². The standard InChI is InChI=1S/C13H13N3O/c14-7-8-16-11-4-2-1-3-10(11)12(15-16)13(17)9-5-6-9/h1-4,9,12,15H,5-6,8H2. The largest absolute Gasteiger partial charge is 0.297 e. The summed E-state index contributed by atoms with van der Waals surface area (Å²) < 4.78 is 0. The number of hydrazine groups is 1. The molecule has 86 valence electrons. The van der Waals surface area contributed by atoms with Gasteiger partial charge < -0.3 is 0 Å². The predicted molar refractivity (Wildman–Crippen MR) is 63.0 cm³/mol. The zero-order valence-corrected chi connectivity index (χ0v) is 9.39. The Bertz CT molecular complexity index is 502. The lowest BCUT2D eigenvalue weighted by atomic mass is 10.0. The molecule has 0 spiro atoms. The van der Waals surface area contributed by atoms with E-state index < -0.39 is 0 Å². The number of fused-ring (bicyclic) bond motifs is 1. The van der Waals surface area contributed by atoms with Crippen molar-refractivity contribution in [2.24, 2.45) is 5.92 Å². The molecule has 1 aliphatic carbocycles. The Morgan fingerprint density at radius 2 is 2.24 bits per heavy atom. The van der Waals surface area contributed by atoms with E-state index in [9.17, 15) is 4.79 Å². The SMILES string of the molecule is N#CCN1NC(C(=O)C2CC2)c2ccccc21. The topological polar surface area (TPSA) is 56.1 Å². The van der Waals surface area contributed by atoms with Crippen LogP contribution in [0.4, 0.5) is 5.69 Å². The summed E-state index contributed by atoms with van der Waals surface area (Å²) in [5.41, 5.74) is 5.09. The third kappa shape index (κ3) is 1.69. The minimum absolute atomic E-state index is 0.225. The van der Waals surface area contributed by atoms with Gasteiger partial charge in [-0.25, -0.2) is 5.43 Å².